The van der Waals surface area contributed by atoms with E-state index in [4.69, 9.17) is 0 Å². The molecule has 0 amide bonds. The summed E-state index contributed by atoms with van der Waals surface area (Å²) in [6.45, 7) is 2.19. The maximum absolute atomic E-state index is 13.4. The number of rotatable bonds is 3. The largest absolute Gasteiger partial charge is 0.484 e. The van der Waals surface area contributed by atoms with Gasteiger partial charge in [-0.3, -0.25) is 0 Å². The zero-order valence-electron chi connectivity index (χ0n) is 8.94. The zero-order chi connectivity index (χ0) is 12.3. The van der Waals surface area contributed by atoms with E-state index in [9.17, 15) is 17.6 Å². The highest BCUT2D eigenvalue weighted by Gasteiger charge is 2.28. The average molecular weight is 236 g/mol. The van der Waals surface area contributed by atoms with Gasteiger partial charge in [-0.2, -0.15) is 13.2 Å². The van der Waals surface area contributed by atoms with Crippen molar-refractivity contribution in [1.29, 1.82) is 0 Å². The molecule has 0 saturated heterocycles. The number of alkyl halides is 3. The third kappa shape index (κ3) is 3.72. The molecule has 0 radical (unpaired) electrons. The van der Waals surface area contributed by atoms with E-state index in [1.54, 1.807) is 13.8 Å². The molecule has 90 valence electrons. The molecular weight excluding hydrogens is 224 g/mol. The molecule has 5 heteroatoms. The molecule has 0 heterocycles. The minimum atomic E-state index is -4.41. The summed E-state index contributed by atoms with van der Waals surface area (Å²) in [5, 5.41) is 0. The first-order chi connectivity index (χ1) is 7.29. The van der Waals surface area contributed by atoms with Crippen LogP contribution < -0.4 is 4.74 Å². The summed E-state index contributed by atoms with van der Waals surface area (Å²) in [5.41, 5.74) is 0.458. The van der Waals surface area contributed by atoms with Gasteiger partial charge in [-0.15, -0.1) is 0 Å². The standard InChI is InChI=1S/C11H12F4O/c1-7(2)9-4-3-8(5-10(9)12)16-6-11(13,14)15/h3-5,7H,6H2,1-2H3. The first-order valence-corrected chi connectivity index (χ1v) is 4.78. The lowest BCUT2D eigenvalue weighted by molar-refractivity contribution is -0.153. The molecule has 0 aliphatic rings. The summed E-state index contributed by atoms with van der Waals surface area (Å²) in [4.78, 5) is 0. The minimum absolute atomic E-state index is 0.0170. The molecule has 16 heavy (non-hydrogen) atoms. The number of benzene rings is 1. The lowest BCUT2D eigenvalue weighted by Crippen LogP contribution is -2.19. The van der Waals surface area contributed by atoms with Crippen molar-refractivity contribution in [3.05, 3.63) is 29.6 Å². The molecule has 0 atom stereocenters. The topological polar surface area (TPSA) is 9.23 Å². The third-order valence-corrected chi connectivity index (χ3v) is 2.00. The predicted molar refractivity (Wildman–Crippen MR) is 52.0 cm³/mol. The van der Waals surface area contributed by atoms with E-state index in [-0.39, 0.29) is 11.7 Å². The van der Waals surface area contributed by atoms with Crippen molar-refractivity contribution >= 4 is 0 Å². The lowest BCUT2D eigenvalue weighted by Gasteiger charge is -2.11. The molecule has 0 bridgehead atoms. The van der Waals surface area contributed by atoms with Gasteiger partial charge < -0.3 is 4.74 Å². The molecule has 0 N–H and O–H groups in total. The highest BCUT2D eigenvalue weighted by molar-refractivity contribution is 5.30. The second-order valence-electron chi connectivity index (χ2n) is 3.74. The normalized spacial score (nSPS) is 11.9. The van der Waals surface area contributed by atoms with Crippen LogP contribution in [0.2, 0.25) is 0 Å². The summed E-state index contributed by atoms with van der Waals surface area (Å²) in [5.74, 6) is -0.675. The first-order valence-electron chi connectivity index (χ1n) is 4.78. The van der Waals surface area contributed by atoms with Crippen LogP contribution >= 0.6 is 0 Å². The molecule has 1 aromatic carbocycles. The summed E-state index contributed by atoms with van der Waals surface area (Å²) in [7, 11) is 0. The maximum Gasteiger partial charge on any atom is 0.422 e. The van der Waals surface area contributed by atoms with Crippen LogP contribution in [0.1, 0.15) is 25.3 Å². The van der Waals surface area contributed by atoms with Gasteiger partial charge in [0.1, 0.15) is 11.6 Å². The molecule has 0 fully saturated rings. The van der Waals surface area contributed by atoms with E-state index in [2.05, 4.69) is 4.74 Å². The van der Waals surface area contributed by atoms with Gasteiger partial charge in [0.2, 0.25) is 0 Å². The van der Waals surface area contributed by atoms with Gasteiger partial charge in [-0.25, -0.2) is 4.39 Å². The van der Waals surface area contributed by atoms with Crippen molar-refractivity contribution in [3.63, 3.8) is 0 Å². The number of hydrogen-bond acceptors (Lipinski definition) is 1. The van der Waals surface area contributed by atoms with Crippen molar-refractivity contribution < 1.29 is 22.3 Å². The van der Waals surface area contributed by atoms with Gasteiger partial charge in [0.15, 0.2) is 6.61 Å². The molecule has 1 aromatic rings. The van der Waals surface area contributed by atoms with Crippen LogP contribution in [0.5, 0.6) is 5.75 Å². The van der Waals surface area contributed by atoms with Gasteiger partial charge in [-0.05, 0) is 17.5 Å². The maximum atomic E-state index is 13.4. The summed E-state index contributed by atoms with van der Waals surface area (Å²) in [6, 6.07) is 3.75. The molecule has 0 spiro atoms. The Kier molecular flexibility index (Phi) is 3.78. The Hall–Kier alpha value is -1.26. The van der Waals surface area contributed by atoms with E-state index in [1.165, 1.54) is 12.1 Å². The molecule has 0 unspecified atom stereocenters. The molecule has 0 aromatic heterocycles. The van der Waals surface area contributed by atoms with Crippen LogP contribution in [-0.4, -0.2) is 12.8 Å². The fourth-order valence-corrected chi connectivity index (χ4v) is 1.23. The van der Waals surface area contributed by atoms with Gasteiger partial charge in [-0.1, -0.05) is 19.9 Å². The monoisotopic (exact) mass is 236 g/mol. The third-order valence-electron chi connectivity index (χ3n) is 2.00. The van der Waals surface area contributed by atoms with Crippen LogP contribution in [0.3, 0.4) is 0 Å². The molecule has 1 nitrogen and oxygen atoms in total. The fourth-order valence-electron chi connectivity index (χ4n) is 1.23. The van der Waals surface area contributed by atoms with Crippen LogP contribution in [-0.2, 0) is 0 Å². The highest BCUT2D eigenvalue weighted by Crippen LogP contribution is 2.24. The second-order valence-corrected chi connectivity index (χ2v) is 3.74. The number of halogens is 4. The Labute approximate surface area is 91.0 Å². The second kappa shape index (κ2) is 4.72. The summed E-state index contributed by atoms with van der Waals surface area (Å²) >= 11 is 0. The summed E-state index contributed by atoms with van der Waals surface area (Å²) in [6.07, 6.45) is -4.41. The first kappa shape index (κ1) is 12.8. The number of ether oxygens (including phenoxy) is 1. The SMILES string of the molecule is CC(C)c1ccc(OCC(F)(F)F)cc1F. The quantitative estimate of drug-likeness (QED) is 0.723. The van der Waals surface area contributed by atoms with E-state index in [1.807, 2.05) is 0 Å². The highest BCUT2D eigenvalue weighted by atomic mass is 19.4. The Morgan fingerprint density at radius 2 is 1.88 bits per heavy atom. The Bertz CT molecular complexity index is 357. The number of hydrogen-bond donors (Lipinski definition) is 0. The van der Waals surface area contributed by atoms with Gasteiger partial charge in [0.05, 0.1) is 0 Å². The predicted octanol–water partition coefficient (Wildman–Crippen LogP) is 3.89. The van der Waals surface area contributed by atoms with E-state index in [0.717, 1.165) is 6.07 Å². The molecule has 0 aliphatic carbocycles. The molecular formula is C11H12F4O. The van der Waals surface area contributed by atoms with Crippen molar-refractivity contribution in [3.8, 4) is 5.75 Å². The van der Waals surface area contributed by atoms with E-state index >= 15 is 0 Å². The van der Waals surface area contributed by atoms with Crippen LogP contribution in [0.4, 0.5) is 17.6 Å². The fraction of sp³-hybridized carbons (Fsp3) is 0.455. The van der Waals surface area contributed by atoms with Crippen LogP contribution in [0.25, 0.3) is 0 Å². The van der Waals surface area contributed by atoms with Gasteiger partial charge in [0, 0.05) is 6.07 Å². The summed E-state index contributed by atoms with van der Waals surface area (Å²) < 4.78 is 53.3. The van der Waals surface area contributed by atoms with E-state index in [0.29, 0.717) is 5.56 Å². The molecule has 0 aliphatic heterocycles. The smallest absolute Gasteiger partial charge is 0.422 e. The van der Waals surface area contributed by atoms with Gasteiger partial charge >= 0.3 is 6.18 Å². The Morgan fingerprint density at radius 1 is 1.25 bits per heavy atom. The minimum Gasteiger partial charge on any atom is -0.484 e. The molecule has 0 saturated carbocycles. The lowest BCUT2D eigenvalue weighted by atomic mass is 10.0. The van der Waals surface area contributed by atoms with Gasteiger partial charge in [0.25, 0.3) is 0 Å². The van der Waals surface area contributed by atoms with Crippen molar-refractivity contribution in [2.24, 2.45) is 0 Å². The van der Waals surface area contributed by atoms with Crippen LogP contribution in [0, 0.1) is 5.82 Å². The van der Waals surface area contributed by atoms with Crippen molar-refractivity contribution in [2.75, 3.05) is 6.61 Å². The molecule has 1 rings (SSSR count). The van der Waals surface area contributed by atoms with Crippen LogP contribution in [0.15, 0.2) is 18.2 Å². The zero-order valence-corrected chi connectivity index (χ0v) is 8.94. The Balaban J connectivity index is 2.74. The van der Waals surface area contributed by atoms with Crippen molar-refractivity contribution in [1.82, 2.24) is 0 Å². The Morgan fingerprint density at radius 3 is 2.31 bits per heavy atom. The average Bonchev–Trinajstić information content (AvgIpc) is 2.13. The van der Waals surface area contributed by atoms with E-state index < -0.39 is 18.6 Å². The van der Waals surface area contributed by atoms with Crippen molar-refractivity contribution in [2.45, 2.75) is 25.9 Å².